The van der Waals surface area contributed by atoms with Crippen LogP contribution in [0.3, 0.4) is 0 Å². The molecule has 0 aromatic heterocycles. The van der Waals surface area contributed by atoms with Gasteiger partial charge in [-0.2, -0.15) is 11.8 Å². The summed E-state index contributed by atoms with van der Waals surface area (Å²) in [5.41, 5.74) is 1.16. The van der Waals surface area contributed by atoms with Crippen molar-refractivity contribution < 1.29 is 23.4 Å². The topological polar surface area (TPSA) is 56.8 Å². The smallest absolute Gasteiger partial charge is 0.244 e. The highest BCUT2D eigenvalue weighted by molar-refractivity contribution is 7.98. The van der Waals surface area contributed by atoms with Crippen molar-refractivity contribution in [3.8, 4) is 17.2 Å². The molecule has 1 amide bonds. The molecule has 0 fully saturated rings. The molecule has 0 spiro atoms. The van der Waals surface area contributed by atoms with Crippen molar-refractivity contribution in [2.45, 2.75) is 5.75 Å². The van der Waals surface area contributed by atoms with E-state index >= 15 is 0 Å². The molecule has 0 radical (unpaired) electrons. The van der Waals surface area contributed by atoms with Gasteiger partial charge in [-0.05, 0) is 30.3 Å². The van der Waals surface area contributed by atoms with Gasteiger partial charge >= 0.3 is 0 Å². The zero-order valence-electron chi connectivity index (χ0n) is 16.5. The summed E-state index contributed by atoms with van der Waals surface area (Å²) < 4.78 is 29.7. The Morgan fingerprint density at radius 2 is 1.90 bits per heavy atom. The van der Waals surface area contributed by atoms with Crippen LogP contribution in [0.15, 0.2) is 36.4 Å². The van der Waals surface area contributed by atoms with Crippen molar-refractivity contribution in [3.05, 3.63) is 58.4 Å². The Hall–Kier alpha value is -2.38. The molecule has 2 aromatic carbocycles. The third-order valence-corrected chi connectivity index (χ3v) is 5.34. The van der Waals surface area contributed by atoms with Crippen LogP contribution in [0.5, 0.6) is 17.2 Å². The van der Waals surface area contributed by atoms with Gasteiger partial charge in [-0.1, -0.05) is 17.7 Å². The fourth-order valence-corrected chi connectivity index (χ4v) is 3.77. The second-order valence-electron chi connectivity index (χ2n) is 5.80. The van der Waals surface area contributed by atoms with Crippen LogP contribution in [-0.4, -0.2) is 39.5 Å². The van der Waals surface area contributed by atoms with E-state index in [9.17, 15) is 9.18 Å². The van der Waals surface area contributed by atoms with Crippen LogP contribution in [0.4, 0.5) is 4.39 Å². The third-order valence-electron chi connectivity index (χ3n) is 4.00. The number of halogens is 2. The van der Waals surface area contributed by atoms with E-state index in [0.717, 1.165) is 0 Å². The number of carbonyl (C=O) groups excluding carboxylic acids is 1. The average Bonchev–Trinajstić information content (AvgIpc) is 2.72. The average molecular weight is 440 g/mol. The molecule has 0 aliphatic heterocycles. The maximum absolute atomic E-state index is 13.7. The van der Waals surface area contributed by atoms with Gasteiger partial charge in [0.1, 0.15) is 5.82 Å². The predicted octanol–water partition coefficient (Wildman–Crippen LogP) is 4.57. The Kier molecular flexibility index (Phi) is 9.15. The van der Waals surface area contributed by atoms with Crippen LogP contribution in [0, 0.1) is 5.82 Å². The SMILES string of the molecule is COc1ccc(C=CC(=O)NCCSCc2c(F)cccc2Cl)c(OC)c1OC. The second kappa shape index (κ2) is 11.6. The maximum atomic E-state index is 13.7. The minimum Gasteiger partial charge on any atom is -0.493 e. The van der Waals surface area contributed by atoms with Gasteiger partial charge in [-0.3, -0.25) is 4.79 Å². The van der Waals surface area contributed by atoms with Gasteiger partial charge in [0, 0.05) is 40.3 Å². The largest absolute Gasteiger partial charge is 0.493 e. The first-order valence-electron chi connectivity index (χ1n) is 8.77. The first kappa shape index (κ1) is 22.9. The quantitative estimate of drug-likeness (QED) is 0.434. The van der Waals surface area contributed by atoms with Crippen molar-refractivity contribution >= 4 is 35.3 Å². The van der Waals surface area contributed by atoms with Gasteiger partial charge in [0.25, 0.3) is 0 Å². The number of rotatable bonds is 10. The van der Waals surface area contributed by atoms with Gasteiger partial charge in [-0.25, -0.2) is 4.39 Å². The summed E-state index contributed by atoms with van der Waals surface area (Å²) in [7, 11) is 4.58. The van der Waals surface area contributed by atoms with Crippen molar-refractivity contribution in [1.82, 2.24) is 5.32 Å². The van der Waals surface area contributed by atoms with E-state index < -0.39 is 0 Å². The molecule has 0 saturated carbocycles. The van der Waals surface area contributed by atoms with Gasteiger partial charge in [0.2, 0.25) is 11.7 Å². The number of hydrogen-bond donors (Lipinski definition) is 1. The number of thioether (sulfide) groups is 1. The van der Waals surface area contributed by atoms with Crippen LogP contribution < -0.4 is 19.5 Å². The Morgan fingerprint density at radius 1 is 1.14 bits per heavy atom. The molecule has 5 nitrogen and oxygen atoms in total. The molecule has 0 aliphatic carbocycles. The zero-order valence-corrected chi connectivity index (χ0v) is 18.0. The molecular weight excluding hydrogens is 417 g/mol. The summed E-state index contributed by atoms with van der Waals surface area (Å²) in [6, 6.07) is 8.14. The lowest BCUT2D eigenvalue weighted by atomic mass is 10.1. The standard InChI is InChI=1S/C21H23ClFNO4S/c1-26-18-9-7-14(20(27-2)21(18)28-3)8-10-19(25)24-11-12-29-13-15-16(22)5-4-6-17(15)23/h4-10H,11-13H2,1-3H3,(H,24,25). The Balaban J connectivity index is 1.86. The predicted molar refractivity (Wildman–Crippen MR) is 116 cm³/mol. The number of carbonyl (C=O) groups is 1. The lowest BCUT2D eigenvalue weighted by Gasteiger charge is -2.13. The molecule has 1 N–H and O–H groups in total. The molecule has 0 unspecified atom stereocenters. The maximum Gasteiger partial charge on any atom is 0.244 e. The fraction of sp³-hybridized carbons (Fsp3) is 0.286. The highest BCUT2D eigenvalue weighted by Gasteiger charge is 2.14. The van der Waals surface area contributed by atoms with Crippen molar-refractivity contribution in [2.24, 2.45) is 0 Å². The highest BCUT2D eigenvalue weighted by Crippen LogP contribution is 2.40. The van der Waals surface area contributed by atoms with E-state index in [1.54, 1.807) is 37.5 Å². The Bertz CT molecular complexity index is 856. The molecule has 156 valence electrons. The summed E-state index contributed by atoms with van der Waals surface area (Å²) in [5.74, 6) is 1.99. The number of hydrogen-bond acceptors (Lipinski definition) is 5. The van der Waals surface area contributed by atoms with Gasteiger partial charge in [-0.15, -0.1) is 0 Å². The number of benzene rings is 2. The summed E-state index contributed by atoms with van der Waals surface area (Å²) in [5, 5.41) is 3.20. The molecule has 0 saturated heterocycles. The first-order chi connectivity index (χ1) is 14.0. The third kappa shape index (κ3) is 6.30. The molecule has 2 aromatic rings. The van der Waals surface area contributed by atoms with E-state index in [2.05, 4.69) is 5.32 Å². The van der Waals surface area contributed by atoms with E-state index in [1.165, 1.54) is 38.1 Å². The van der Waals surface area contributed by atoms with Gasteiger partial charge in [0.15, 0.2) is 11.5 Å². The molecule has 0 heterocycles. The van der Waals surface area contributed by atoms with Gasteiger partial charge in [0.05, 0.1) is 21.3 Å². The molecule has 29 heavy (non-hydrogen) atoms. The molecule has 0 bridgehead atoms. The van der Waals surface area contributed by atoms with Crippen LogP contribution >= 0.6 is 23.4 Å². The molecular formula is C21H23ClFNO4S. The van der Waals surface area contributed by atoms with Crippen LogP contribution in [0.1, 0.15) is 11.1 Å². The van der Waals surface area contributed by atoms with Crippen molar-refractivity contribution in [1.29, 1.82) is 0 Å². The van der Waals surface area contributed by atoms with Crippen LogP contribution in [-0.2, 0) is 10.5 Å². The monoisotopic (exact) mass is 439 g/mol. The lowest BCUT2D eigenvalue weighted by Crippen LogP contribution is -2.23. The lowest BCUT2D eigenvalue weighted by molar-refractivity contribution is -0.116. The number of amides is 1. The van der Waals surface area contributed by atoms with E-state index in [1.807, 2.05) is 0 Å². The van der Waals surface area contributed by atoms with Crippen LogP contribution in [0.2, 0.25) is 5.02 Å². The first-order valence-corrected chi connectivity index (χ1v) is 10.3. The normalized spacial score (nSPS) is 10.8. The van der Waals surface area contributed by atoms with E-state index in [4.69, 9.17) is 25.8 Å². The van der Waals surface area contributed by atoms with E-state index in [-0.39, 0.29) is 11.7 Å². The van der Waals surface area contributed by atoms with Crippen molar-refractivity contribution in [3.63, 3.8) is 0 Å². The second-order valence-corrected chi connectivity index (χ2v) is 7.31. The number of methoxy groups -OCH3 is 3. The summed E-state index contributed by atoms with van der Waals surface area (Å²) in [4.78, 5) is 12.0. The summed E-state index contributed by atoms with van der Waals surface area (Å²) >= 11 is 7.49. The number of ether oxygens (including phenoxy) is 3. The summed E-state index contributed by atoms with van der Waals surface area (Å²) in [6.07, 6.45) is 3.06. The fourth-order valence-electron chi connectivity index (χ4n) is 2.57. The van der Waals surface area contributed by atoms with Crippen LogP contribution in [0.25, 0.3) is 6.08 Å². The number of nitrogens with one attached hydrogen (secondary N) is 1. The summed E-state index contributed by atoms with van der Waals surface area (Å²) in [6.45, 7) is 0.447. The van der Waals surface area contributed by atoms with E-state index in [0.29, 0.717) is 51.4 Å². The molecule has 2 rings (SSSR count). The zero-order chi connectivity index (χ0) is 21.2. The molecule has 8 heteroatoms. The highest BCUT2D eigenvalue weighted by atomic mass is 35.5. The minimum absolute atomic E-state index is 0.244. The minimum atomic E-state index is -0.319. The Labute approximate surface area is 179 Å². The van der Waals surface area contributed by atoms with Crippen molar-refractivity contribution in [2.75, 3.05) is 33.6 Å². The molecule has 0 atom stereocenters. The Morgan fingerprint density at radius 3 is 2.55 bits per heavy atom. The molecule has 0 aliphatic rings. The van der Waals surface area contributed by atoms with Gasteiger partial charge < -0.3 is 19.5 Å².